The number of amides is 1. The van der Waals surface area contributed by atoms with E-state index in [0.717, 1.165) is 0 Å². The van der Waals surface area contributed by atoms with Gasteiger partial charge in [-0.15, -0.1) is 0 Å². The summed E-state index contributed by atoms with van der Waals surface area (Å²) in [4.78, 5) is 25.1. The van der Waals surface area contributed by atoms with E-state index in [9.17, 15) is 9.59 Å². The van der Waals surface area contributed by atoms with Crippen LogP contribution >= 0.6 is 23.2 Å². The Hall–Kier alpha value is -1.30. The van der Waals surface area contributed by atoms with E-state index in [1.807, 2.05) is 0 Å². The summed E-state index contributed by atoms with van der Waals surface area (Å²) in [6.07, 6.45) is 0.517. The van der Waals surface area contributed by atoms with Crippen LogP contribution in [0, 0.1) is 0 Å². The van der Waals surface area contributed by atoms with Crippen molar-refractivity contribution < 1.29 is 19.4 Å². The highest BCUT2D eigenvalue weighted by molar-refractivity contribution is 6.42. The minimum Gasteiger partial charge on any atom is -0.469 e. The van der Waals surface area contributed by atoms with Crippen LogP contribution in [0.3, 0.4) is 0 Å². The van der Waals surface area contributed by atoms with Gasteiger partial charge < -0.3 is 14.7 Å². The van der Waals surface area contributed by atoms with E-state index in [1.165, 1.54) is 18.1 Å². The molecule has 5 nitrogen and oxygen atoms in total. The van der Waals surface area contributed by atoms with Crippen molar-refractivity contribution in [2.24, 2.45) is 0 Å². The van der Waals surface area contributed by atoms with E-state index in [0.29, 0.717) is 23.6 Å². The molecule has 1 aromatic rings. The Morgan fingerprint density at radius 3 is 2.52 bits per heavy atom. The predicted molar refractivity (Wildman–Crippen MR) is 80.7 cm³/mol. The second kappa shape index (κ2) is 8.87. The zero-order valence-corrected chi connectivity index (χ0v) is 13.2. The highest BCUT2D eigenvalue weighted by Crippen LogP contribution is 2.23. The second-order valence-electron chi connectivity index (χ2n) is 4.32. The van der Waals surface area contributed by atoms with E-state index in [2.05, 4.69) is 4.74 Å². The molecule has 21 heavy (non-hydrogen) atoms. The number of ether oxygens (including phenoxy) is 1. The molecule has 1 aromatic carbocycles. The first-order chi connectivity index (χ1) is 9.99. The summed E-state index contributed by atoms with van der Waals surface area (Å²) in [6.45, 7) is 0.516. The van der Waals surface area contributed by atoms with Crippen molar-refractivity contribution in [3.8, 4) is 0 Å². The van der Waals surface area contributed by atoms with Crippen molar-refractivity contribution in [3.05, 3.63) is 33.8 Å². The minimum atomic E-state index is -0.397. The van der Waals surface area contributed by atoms with Gasteiger partial charge in [-0.05, 0) is 24.6 Å². The van der Waals surface area contributed by atoms with E-state index in [-0.39, 0.29) is 30.5 Å². The minimum absolute atomic E-state index is 0.0383. The molecule has 0 saturated heterocycles. The molecule has 0 heterocycles. The summed E-state index contributed by atoms with van der Waals surface area (Å²) in [7, 11) is 1.29. The number of halogens is 2. The third-order valence-electron chi connectivity index (χ3n) is 2.85. The van der Waals surface area contributed by atoms with Gasteiger partial charge in [-0.3, -0.25) is 9.59 Å². The molecular weight excluding hydrogens is 317 g/mol. The summed E-state index contributed by atoms with van der Waals surface area (Å²) in [5, 5.41) is 9.56. The van der Waals surface area contributed by atoms with Gasteiger partial charge in [-0.2, -0.15) is 0 Å². The fourth-order valence-electron chi connectivity index (χ4n) is 1.72. The van der Waals surface area contributed by atoms with Crippen LogP contribution in [0.25, 0.3) is 0 Å². The predicted octanol–water partition coefficient (Wildman–Crippen LogP) is 2.38. The number of hydrogen-bond donors (Lipinski definition) is 1. The van der Waals surface area contributed by atoms with E-state index >= 15 is 0 Å². The van der Waals surface area contributed by atoms with E-state index in [4.69, 9.17) is 28.3 Å². The number of carbonyl (C=O) groups excluding carboxylic acids is 2. The molecule has 0 spiro atoms. The van der Waals surface area contributed by atoms with Gasteiger partial charge in [0.15, 0.2) is 0 Å². The molecule has 0 bridgehead atoms. The molecule has 7 heteroatoms. The third-order valence-corrected chi connectivity index (χ3v) is 3.59. The summed E-state index contributed by atoms with van der Waals surface area (Å²) < 4.78 is 4.56. The molecule has 0 aliphatic carbocycles. The van der Waals surface area contributed by atoms with Crippen LogP contribution in [0.15, 0.2) is 18.2 Å². The van der Waals surface area contributed by atoms with Crippen LogP contribution in [-0.2, 0) is 9.53 Å². The number of aliphatic hydroxyl groups is 1. The maximum Gasteiger partial charge on any atom is 0.307 e. The van der Waals surface area contributed by atoms with Gasteiger partial charge in [0, 0.05) is 25.3 Å². The van der Waals surface area contributed by atoms with Gasteiger partial charge in [-0.1, -0.05) is 23.2 Å². The molecule has 1 N–H and O–H groups in total. The Morgan fingerprint density at radius 2 is 1.95 bits per heavy atom. The van der Waals surface area contributed by atoms with Crippen LogP contribution in [0.1, 0.15) is 23.2 Å². The smallest absolute Gasteiger partial charge is 0.307 e. The first-order valence-electron chi connectivity index (χ1n) is 6.41. The standard InChI is InChI=1S/C14H17Cl2NO4/c1-21-13(19)5-7-17(6-2-8-18)14(20)10-3-4-11(15)12(16)9-10/h3-4,9,18H,2,5-8H2,1H3. The monoisotopic (exact) mass is 333 g/mol. The average molecular weight is 334 g/mol. The lowest BCUT2D eigenvalue weighted by Gasteiger charge is -2.22. The van der Waals surface area contributed by atoms with Crippen molar-refractivity contribution in [2.75, 3.05) is 26.8 Å². The van der Waals surface area contributed by atoms with Crippen molar-refractivity contribution in [1.29, 1.82) is 0 Å². The average Bonchev–Trinajstić information content (AvgIpc) is 2.49. The van der Waals surface area contributed by atoms with Crippen LogP contribution in [0.4, 0.5) is 0 Å². The molecule has 0 radical (unpaired) electrons. The van der Waals surface area contributed by atoms with Crippen molar-refractivity contribution >= 4 is 35.1 Å². The maximum absolute atomic E-state index is 12.4. The van der Waals surface area contributed by atoms with E-state index < -0.39 is 5.97 Å². The number of methoxy groups -OCH3 is 1. The summed E-state index contributed by atoms with van der Waals surface area (Å²) in [5.41, 5.74) is 0.382. The maximum atomic E-state index is 12.4. The fraction of sp³-hybridized carbons (Fsp3) is 0.429. The van der Waals surface area contributed by atoms with Gasteiger partial charge in [-0.25, -0.2) is 0 Å². The summed E-state index contributed by atoms with van der Waals surface area (Å²) in [5.74, 6) is -0.670. The Labute approximate surface area is 133 Å². The number of hydrogen-bond acceptors (Lipinski definition) is 4. The van der Waals surface area contributed by atoms with Crippen LogP contribution < -0.4 is 0 Å². The number of benzene rings is 1. The van der Waals surface area contributed by atoms with Crippen LogP contribution in [-0.4, -0.2) is 48.7 Å². The number of esters is 1. The lowest BCUT2D eigenvalue weighted by atomic mass is 10.2. The molecule has 0 saturated carbocycles. The largest absolute Gasteiger partial charge is 0.469 e. The molecule has 0 aliphatic heterocycles. The van der Waals surface area contributed by atoms with Crippen molar-refractivity contribution in [2.45, 2.75) is 12.8 Å². The molecule has 0 fully saturated rings. The SMILES string of the molecule is COC(=O)CCN(CCCO)C(=O)c1ccc(Cl)c(Cl)c1. The second-order valence-corrected chi connectivity index (χ2v) is 5.14. The van der Waals surface area contributed by atoms with Crippen LogP contribution in [0.2, 0.25) is 10.0 Å². The number of rotatable bonds is 7. The molecule has 0 unspecified atom stereocenters. The van der Waals surface area contributed by atoms with Crippen molar-refractivity contribution in [1.82, 2.24) is 4.90 Å². The molecule has 116 valence electrons. The molecule has 0 aromatic heterocycles. The fourth-order valence-corrected chi connectivity index (χ4v) is 2.01. The highest BCUT2D eigenvalue weighted by atomic mass is 35.5. The Bertz CT molecular complexity index is 508. The molecular formula is C14H17Cl2NO4. The van der Waals surface area contributed by atoms with Crippen molar-refractivity contribution in [3.63, 3.8) is 0 Å². The summed E-state index contributed by atoms with van der Waals surface area (Å²) in [6, 6.07) is 4.60. The number of nitrogens with zero attached hydrogens (tertiary/aromatic N) is 1. The number of carbonyl (C=O) groups is 2. The zero-order chi connectivity index (χ0) is 15.8. The lowest BCUT2D eigenvalue weighted by Crippen LogP contribution is -2.34. The zero-order valence-electron chi connectivity index (χ0n) is 11.6. The van der Waals surface area contributed by atoms with Gasteiger partial charge in [0.25, 0.3) is 5.91 Å². The van der Waals surface area contributed by atoms with Gasteiger partial charge in [0.1, 0.15) is 0 Å². The first kappa shape index (κ1) is 17.8. The van der Waals surface area contributed by atoms with Gasteiger partial charge in [0.05, 0.1) is 23.6 Å². The summed E-state index contributed by atoms with van der Waals surface area (Å²) >= 11 is 11.7. The third kappa shape index (κ3) is 5.53. The topological polar surface area (TPSA) is 66.8 Å². The van der Waals surface area contributed by atoms with E-state index in [1.54, 1.807) is 12.1 Å². The van der Waals surface area contributed by atoms with Gasteiger partial charge in [0.2, 0.25) is 0 Å². The highest BCUT2D eigenvalue weighted by Gasteiger charge is 2.17. The Kier molecular flexibility index (Phi) is 7.50. The number of aliphatic hydroxyl groups excluding tert-OH is 1. The quantitative estimate of drug-likeness (QED) is 0.778. The molecule has 0 aliphatic rings. The van der Waals surface area contributed by atoms with Gasteiger partial charge >= 0.3 is 5.97 Å². The molecule has 0 atom stereocenters. The molecule has 1 rings (SSSR count). The Morgan fingerprint density at radius 1 is 1.24 bits per heavy atom. The first-order valence-corrected chi connectivity index (χ1v) is 7.17. The normalized spacial score (nSPS) is 10.3. The lowest BCUT2D eigenvalue weighted by molar-refractivity contribution is -0.140. The molecule has 1 amide bonds. The van der Waals surface area contributed by atoms with Crippen LogP contribution in [0.5, 0.6) is 0 Å². The Balaban J connectivity index is 2.82.